The van der Waals surface area contributed by atoms with E-state index in [0.29, 0.717) is 11.1 Å². The number of hydrogen-bond acceptors (Lipinski definition) is 5. The molecule has 8 heteroatoms. The number of carboxylic acid groups (broad SMARTS) is 1. The zero-order chi connectivity index (χ0) is 18.7. The van der Waals surface area contributed by atoms with Gasteiger partial charge in [0, 0.05) is 18.0 Å². The second-order valence-electron chi connectivity index (χ2n) is 5.52. The first kappa shape index (κ1) is 17.3. The number of aromatic nitrogens is 2. The van der Waals surface area contributed by atoms with Gasteiger partial charge in [-0.25, -0.2) is 9.18 Å². The number of halogens is 1. The largest absolute Gasteiger partial charge is 0.475 e. The van der Waals surface area contributed by atoms with E-state index in [4.69, 9.17) is 4.52 Å². The molecule has 132 valence electrons. The van der Waals surface area contributed by atoms with Crippen molar-refractivity contribution < 1.29 is 23.6 Å². The summed E-state index contributed by atoms with van der Waals surface area (Å²) in [5.41, 5.74) is 1.22. The van der Waals surface area contributed by atoms with Gasteiger partial charge in [0.1, 0.15) is 11.5 Å². The molecule has 0 aliphatic heterocycles. The molecular formula is C18H14FN3O4. The standard InChI is InChI=1S/C18H14FN3O4/c1-10(21-17(23)12-3-2-8-20-9-12)14-15(22-26-16(14)18(24)25)11-4-6-13(19)7-5-11/h2-10H,1H3,(H,21,23)(H,24,25). The van der Waals surface area contributed by atoms with Gasteiger partial charge in [-0.2, -0.15) is 0 Å². The van der Waals surface area contributed by atoms with Crippen molar-refractivity contribution in [3.8, 4) is 11.3 Å². The normalized spacial score (nSPS) is 11.8. The number of pyridine rings is 1. The zero-order valence-electron chi connectivity index (χ0n) is 13.6. The van der Waals surface area contributed by atoms with Gasteiger partial charge in [0.15, 0.2) is 0 Å². The summed E-state index contributed by atoms with van der Waals surface area (Å²) in [5, 5.41) is 15.8. The Morgan fingerprint density at radius 3 is 2.58 bits per heavy atom. The number of nitrogens with one attached hydrogen (secondary N) is 1. The van der Waals surface area contributed by atoms with Crippen molar-refractivity contribution in [2.45, 2.75) is 13.0 Å². The number of nitrogens with zero attached hydrogens (tertiary/aromatic N) is 2. The monoisotopic (exact) mass is 355 g/mol. The summed E-state index contributed by atoms with van der Waals surface area (Å²) >= 11 is 0. The summed E-state index contributed by atoms with van der Waals surface area (Å²) in [4.78, 5) is 27.7. The molecule has 0 radical (unpaired) electrons. The van der Waals surface area contributed by atoms with Crippen LogP contribution in [0.15, 0.2) is 53.3 Å². The van der Waals surface area contributed by atoms with Gasteiger partial charge in [0.05, 0.1) is 17.2 Å². The minimum Gasteiger partial charge on any atom is -0.475 e. The van der Waals surface area contributed by atoms with Crippen molar-refractivity contribution in [3.63, 3.8) is 0 Å². The molecule has 3 rings (SSSR count). The third-order valence-electron chi connectivity index (χ3n) is 3.74. The van der Waals surface area contributed by atoms with Gasteiger partial charge in [0.2, 0.25) is 5.76 Å². The molecular weight excluding hydrogens is 341 g/mol. The molecule has 2 aromatic heterocycles. The van der Waals surface area contributed by atoms with Crippen LogP contribution < -0.4 is 5.32 Å². The Hall–Kier alpha value is -3.55. The van der Waals surface area contributed by atoms with Crippen LogP contribution in [0.2, 0.25) is 0 Å². The quantitative estimate of drug-likeness (QED) is 0.729. The molecule has 7 nitrogen and oxygen atoms in total. The molecule has 0 saturated carbocycles. The molecule has 0 spiro atoms. The van der Waals surface area contributed by atoms with E-state index in [1.807, 2.05) is 0 Å². The fraction of sp³-hybridized carbons (Fsp3) is 0.111. The molecule has 26 heavy (non-hydrogen) atoms. The lowest BCUT2D eigenvalue weighted by Gasteiger charge is -2.14. The maximum absolute atomic E-state index is 13.2. The molecule has 2 N–H and O–H groups in total. The number of carbonyl (C=O) groups excluding carboxylic acids is 1. The third kappa shape index (κ3) is 3.44. The Morgan fingerprint density at radius 1 is 1.23 bits per heavy atom. The Morgan fingerprint density at radius 2 is 1.96 bits per heavy atom. The SMILES string of the molecule is CC(NC(=O)c1cccnc1)c1c(-c2ccc(F)cc2)noc1C(=O)O. The van der Waals surface area contributed by atoms with Crippen molar-refractivity contribution in [1.82, 2.24) is 15.5 Å². The molecule has 0 aliphatic rings. The van der Waals surface area contributed by atoms with Crippen molar-refractivity contribution in [1.29, 1.82) is 0 Å². The van der Waals surface area contributed by atoms with Crippen LogP contribution in [0, 0.1) is 5.82 Å². The number of amides is 1. The summed E-state index contributed by atoms with van der Waals surface area (Å²) in [6.45, 7) is 1.61. The van der Waals surface area contributed by atoms with Crippen LogP contribution in [0.3, 0.4) is 0 Å². The lowest BCUT2D eigenvalue weighted by atomic mass is 10.00. The number of carbonyl (C=O) groups is 2. The first-order chi connectivity index (χ1) is 12.5. The highest BCUT2D eigenvalue weighted by atomic mass is 19.1. The average Bonchev–Trinajstić information content (AvgIpc) is 3.08. The summed E-state index contributed by atoms with van der Waals surface area (Å²) in [7, 11) is 0. The fourth-order valence-corrected chi connectivity index (χ4v) is 2.52. The minimum absolute atomic E-state index is 0.196. The fourth-order valence-electron chi connectivity index (χ4n) is 2.52. The number of rotatable bonds is 5. The molecule has 0 saturated heterocycles. The Bertz CT molecular complexity index is 939. The van der Waals surface area contributed by atoms with Gasteiger partial charge < -0.3 is 14.9 Å². The molecule has 1 aromatic carbocycles. The highest BCUT2D eigenvalue weighted by molar-refractivity contribution is 5.95. The lowest BCUT2D eigenvalue weighted by molar-refractivity contribution is 0.0648. The van der Waals surface area contributed by atoms with Crippen LogP contribution >= 0.6 is 0 Å². The third-order valence-corrected chi connectivity index (χ3v) is 3.74. The molecule has 3 aromatic rings. The predicted molar refractivity (Wildman–Crippen MR) is 89.0 cm³/mol. The van der Waals surface area contributed by atoms with Crippen LogP contribution in [0.5, 0.6) is 0 Å². The van der Waals surface area contributed by atoms with Gasteiger partial charge in [-0.1, -0.05) is 5.16 Å². The Balaban J connectivity index is 1.96. The first-order valence-corrected chi connectivity index (χ1v) is 7.67. The molecule has 2 heterocycles. The van der Waals surface area contributed by atoms with E-state index in [1.165, 1.54) is 36.7 Å². The van der Waals surface area contributed by atoms with Crippen LogP contribution in [0.4, 0.5) is 4.39 Å². The Labute approximate surface area is 147 Å². The second-order valence-corrected chi connectivity index (χ2v) is 5.52. The number of hydrogen-bond donors (Lipinski definition) is 2. The van der Waals surface area contributed by atoms with E-state index in [-0.39, 0.29) is 17.0 Å². The summed E-state index contributed by atoms with van der Waals surface area (Å²) in [6, 6.07) is 7.85. The number of benzene rings is 1. The highest BCUT2D eigenvalue weighted by Crippen LogP contribution is 2.31. The molecule has 0 fully saturated rings. The van der Waals surface area contributed by atoms with E-state index >= 15 is 0 Å². The smallest absolute Gasteiger partial charge is 0.375 e. The predicted octanol–water partition coefficient (Wildman–Crippen LogP) is 3.06. The number of carboxylic acids is 1. The van der Waals surface area contributed by atoms with Crippen LogP contribution in [-0.2, 0) is 0 Å². The van der Waals surface area contributed by atoms with E-state index in [1.54, 1.807) is 19.1 Å². The van der Waals surface area contributed by atoms with Crippen molar-refractivity contribution in [3.05, 3.63) is 71.5 Å². The van der Waals surface area contributed by atoms with Crippen molar-refractivity contribution in [2.24, 2.45) is 0 Å². The topological polar surface area (TPSA) is 105 Å². The van der Waals surface area contributed by atoms with E-state index in [0.717, 1.165) is 0 Å². The van der Waals surface area contributed by atoms with E-state index < -0.39 is 23.7 Å². The molecule has 0 bridgehead atoms. The van der Waals surface area contributed by atoms with Crippen LogP contribution in [0.25, 0.3) is 11.3 Å². The van der Waals surface area contributed by atoms with Gasteiger partial charge >= 0.3 is 5.97 Å². The summed E-state index contributed by atoms with van der Waals surface area (Å²) < 4.78 is 18.1. The highest BCUT2D eigenvalue weighted by Gasteiger charge is 2.28. The first-order valence-electron chi connectivity index (χ1n) is 7.67. The molecule has 1 unspecified atom stereocenters. The maximum atomic E-state index is 13.2. The lowest BCUT2D eigenvalue weighted by Crippen LogP contribution is -2.27. The second kappa shape index (κ2) is 7.14. The minimum atomic E-state index is -1.32. The molecule has 0 aliphatic carbocycles. The summed E-state index contributed by atoms with van der Waals surface area (Å²) in [5.74, 6) is -2.56. The Kier molecular flexibility index (Phi) is 4.74. The van der Waals surface area contributed by atoms with Crippen LogP contribution in [0.1, 0.15) is 39.4 Å². The van der Waals surface area contributed by atoms with Gasteiger partial charge in [-0.05, 0) is 43.3 Å². The zero-order valence-corrected chi connectivity index (χ0v) is 13.6. The van der Waals surface area contributed by atoms with E-state index in [9.17, 15) is 19.1 Å². The van der Waals surface area contributed by atoms with Gasteiger partial charge in [-0.15, -0.1) is 0 Å². The van der Waals surface area contributed by atoms with Crippen LogP contribution in [-0.4, -0.2) is 27.1 Å². The summed E-state index contributed by atoms with van der Waals surface area (Å²) in [6.07, 6.45) is 2.93. The van der Waals surface area contributed by atoms with Gasteiger partial charge in [0.25, 0.3) is 5.91 Å². The van der Waals surface area contributed by atoms with Crippen molar-refractivity contribution in [2.75, 3.05) is 0 Å². The van der Waals surface area contributed by atoms with Crippen molar-refractivity contribution >= 4 is 11.9 Å². The van der Waals surface area contributed by atoms with E-state index in [2.05, 4.69) is 15.5 Å². The van der Waals surface area contributed by atoms with Gasteiger partial charge in [-0.3, -0.25) is 9.78 Å². The average molecular weight is 355 g/mol. The number of aromatic carboxylic acids is 1. The maximum Gasteiger partial charge on any atom is 0.375 e. The molecule has 1 amide bonds. The molecule has 1 atom stereocenters.